The molecule has 0 aliphatic heterocycles. The van der Waals surface area contributed by atoms with E-state index in [2.05, 4.69) is 26.2 Å². The molecule has 1 heterocycles. The average Bonchev–Trinajstić information content (AvgIpc) is 2.01. The van der Waals surface area contributed by atoms with Crippen LogP contribution in [-0.4, -0.2) is 17.1 Å². The van der Waals surface area contributed by atoms with E-state index in [4.69, 9.17) is 5.73 Å². The molecule has 0 aromatic carbocycles. The zero-order chi connectivity index (χ0) is 9.90. The van der Waals surface area contributed by atoms with Gasteiger partial charge in [-0.2, -0.15) is 0 Å². The van der Waals surface area contributed by atoms with Gasteiger partial charge in [0.1, 0.15) is 0 Å². The van der Waals surface area contributed by atoms with Gasteiger partial charge >= 0.3 is 0 Å². The van der Waals surface area contributed by atoms with Gasteiger partial charge in [-0.25, -0.2) is 0 Å². The zero-order valence-electron chi connectivity index (χ0n) is 7.84. The second kappa shape index (κ2) is 4.07. The molecule has 0 aliphatic carbocycles. The van der Waals surface area contributed by atoms with Crippen molar-refractivity contribution in [1.82, 2.24) is 4.98 Å². The molecule has 0 amide bonds. The fourth-order valence-corrected chi connectivity index (χ4v) is 1.23. The molecule has 3 N–H and O–H groups in total. The van der Waals surface area contributed by atoms with Crippen LogP contribution >= 0.6 is 15.9 Å². The summed E-state index contributed by atoms with van der Waals surface area (Å²) in [6.45, 7) is 4.69. The normalized spacial score (nSPS) is 11.4. The van der Waals surface area contributed by atoms with Gasteiger partial charge in [-0.3, -0.25) is 4.98 Å². The van der Waals surface area contributed by atoms with Gasteiger partial charge in [0.05, 0.1) is 10.2 Å². The molecule has 0 unspecified atom stereocenters. The maximum atomic E-state index is 5.84. The molecule has 0 fully saturated rings. The molecule has 3 nitrogen and oxygen atoms in total. The average molecular weight is 244 g/mol. The van der Waals surface area contributed by atoms with Gasteiger partial charge in [0.2, 0.25) is 0 Å². The van der Waals surface area contributed by atoms with Crippen LogP contribution in [-0.2, 0) is 0 Å². The van der Waals surface area contributed by atoms with Crippen molar-refractivity contribution in [3.63, 3.8) is 0 Å². The van der Waals surface area contributed by atoms with Crippen molar-refractivity contribution >= 4 is 21.6 Å². The lowest BCUT2D eigenvalue weighted by atomic mass is 10.1. The second-order valence-corrected chi connectivity index (χ2v) is 4.55. The van der Waals surface area contributed by atoms with Crippen LogP contribution in [0.25, 0.3) is 0 Å². The number of rotatable bonds is 3. The van der Waals surface area contributed by atoms with Crippen LogP contribution in [0.4, 0.5) is 5.69 Å². The molecule has 13 heavy (non-hydrogen) atoms. The van der Waals surface area contributed by atoms with Crippen LogP contribution in [0.15, 0.2) is 22.9 Å². The molecule has 0 radical (unpaired) electrons. The number of pyridine rings is 1. The van der Waals surface area contributed by atoms with Crippen LogP contribution in [0.1, 0.15) is 13.8 Å². The van der Waals surface area contributed by atoms with Crippen molar-refractivity contribution < 1.29 is 0 Å². The first kappa shape index (κ1) is 10.5. The van der Waals surface area contributed by atoms with Crippen LogP contribution in [0, 0.1) is 0 Å². The Morgan fingerprint density at radius 2 is 2.31 bits per heavy atom. The number of hydrogen-bond donors (Lipinski definition) is 2. The fourth-order valence-electron chi connectivity index (χ4n) is 0.842. The molecule has 4 heteroatoms. The van der Waals surface area contributed by atoms with Gasteiger partial charge in [-0.15, -0.1) is 0 Å². The highest BCUT2D eigenvalue weighted by molar-refractivity contribution is 9.10. The summed E-state index contributed by atoms with van der Waals surface area (Å²) in [6.07, 6.45) is 3.50. The molecule has 0 atom stereocenters. The quantitative estimate of drug-likeness (QED) is 0.854. The molecule has 72 valence electrons. The molecule has 0 aliphatic rings. The van der Waals surface area contributed by atoms with E-state index in [9.17, 15) is 0 Å². The highest BCUT2D eigenvalue weighted by atomic mass is 79.9. The van der Waals surface area contributed by atoms with Crippen molar-refractivity contribution in [2.45, 2.75) is 19.4 Å². The van der Waals surface area contributed by atoms with Gasteiger partial charge in [0, 0.05) is 24.5 Å². The van der Waals surface area contributed by atoms with Crippen LogP contribution in [0.5, 0.6) is 0 Å². The third-order valence-corrected chi connectivity index (χ3v) is 2.14. The number of nitrogens with two attached hydrogens (primary N) is 1. The molecule has 1 rings (SSSR count). The SMILES string of the molecule is CC(C)(N)CNc1ccncc1Br. The number of hydrogen-bond acceptors (Lipinski definition) is 3. The van der Waals surface area contributed by atoms with E-state index in [1.807, 2.05) is 19.9 Å². The van der Waals surface area contributed by atoms with Gasteiger partial charge in [-0.05, 0) is 35.8 Å². The number of nitrogens with zero attached hydrogens (tertiary/aromatic N) is 1. The largest absolute Gasteiger partial charge is 0.382 e. The van der Waals surface area contributed by atoms with Crippen molar-refractivity contribution in [2.24, 2.45) is 5.73 Å². The summed E-state index contributed by atoms with van der Waals surface area (Å²) in [5.41, 5.74) is 6.66. The summed E-state index contributed by atoms with van der Waals surface area (Å²) < 4.78 is 0.958. The minimum atomic E-state index is -0.206. The smallest absolute Gasteiger partial charge is 0.0590 e. The Bertz CT molecular complexity index is 280. The Labute approximate surface area is 86.9 Å². The maximum absolute atomic E-state index is 5.84. The summed E-state index contributed by atoms with van der Waals surface area (Å²) in [6, 6.07) is 1.91. The van der Waals surface area contributed by atoms with Gasteiger partial charge in [-0.1, -0.05) is 0 Å². The summed E-state index contributed by atoms with van der Waals surface area (Å²) in [7, 11) is 0. The summed E-state index contributed by atoms with van der Waals surface area (Å²) in [5.74, 6) is 0. The monoisotopic (exact) mass is 243 g/mol. The van der Waals surface area contributed by atoms with E-state index in [0.29, 0.717) is 0 Å². The third-order valence-electron chi connectivity index (χ3n) is 1.51. The van der Waals surface area contributed by atoms with E-state index in [1.165, 1.54) is 0 Å². The standard InChI is InChI=1S/C9H14BrN3/c1-9(2,11)6-13-8-3-4-12-5-7(8)10/h3-5H,6,11H2,1-2H3,(H,12,13). The second-order valence-electron chi connectivity index (χ2n) is 3.70. The van der Waals surface area contributed by atoms with E-state index in [1.54, 1.807) is 12.4 Å². The topological polar surface area (TPSA) is 50.9 Å². The van der Waals surface area contributed by atoms with Crippen molar-refractivity contribution in [2.75, 3.05) is 11.9 Å². The predicted molar refractivity (Wildman–Crippen MR) is 58.7 cm³/mol. The third kappa shape index (κ3) is 3.74. The maximum Gasteiger partial charge on any atom is 0.0590 e. The fraction of sp³-hybridized carbons (Fsp3) is 0.444. The first-order chi connectivity index (χ1) is 5.99. The molecule has 1 aromatic heterocycles. The Balaban J connectivity index is 2.60. The van der Waals surface area contributed by atoms with E-state index >= 15 is 0 Å². The summed E-state index contributed by atoms with van der Waals surface area (Å²) in [4.78, 5) is 3.97. The summed E-state index contributed by atoms with van der Waals surface area (Å²) in [5, 5.41) is 3.24. The van der Waals surface area contributed by atoms with Crippen molar-refractivity contribution in [3.05, 3.63) is 22.9 Å². The lowest BCUT2D eigenvalue weighted by molar-refractivity contribution is 0.549. The number of nitrogens with one attached hydrogen (secondary N) is 1. The molecule has 0 bridgehead atoms. The minimum absolute atomic E-state index is 0.206. The lowest BCUT2D eigenvalue weighted by Gasteiger charge is -2.20. The van der Waals surface area contributed by atoms with E-state index in [0.717, 1.165) is 16.7 Å². The van der Waals surface area contributed by atoms with Crippen LogP contribution < -0.4 is 11.1 Å². The molecule has 0 saturated heterocycles. The predicted octanol–water partition coefficient (Wildman–Crippen LogP) is 1.99. The van der Waals surface area contributed by atoms with Gasteiger partial charge in [0.25, 0.3) is 0 Å². The minimum Gasteiger partial charge on any atom is -0.382 e. The van der Waals surface area contributed by atoms with E-state index < -0.39 is 0 Å². The molecular weight excluding hydrogens is 230 g/mol. The number of halogens is 1. The molecule has 0 spiro atoms. The zero-order valence-corrected chi connectivity index (χ0v) is 9.43. The Hall–Kier alpha value is -0.610. The molecule has 0 saturated carbocycles. The van der Waals surface area contributed by atoms with Gasteiger partial charge in [0.15, 0.2) is 0 Å². The first-order valence-electron chi connectivity index (χ1n) is 4.11. The highest BCUT2D eigenvalue weighted by Gasteiger charge is 2.10. The first-order valence-corrected chi connectivity index (χ1v) is 4.90. The Kier molecular flexibility index (Phi) is 3.27. The Morgan fingerprint density at radius 1 is 1.62 bits per heavy atom. The van der Waals surface area contributed by atoms with Crippen molar-refractivity contribution in [3.8, 4) is 0 Å². The van der Waals surface area contributed by atoms with Crippen molar-refractivity contribution in [1.29, 1.82) is 0 Å². The van der Waals surface area contributed by atoms with E-state index in [-0.39, 0.29) is 5.54 Å². The van der Waals surface area contributed by atoms with Crippen LogP contribution in [0.2, 0.25) is 0 Å². The number of anilines is 1. The Morgan fingerprint density at radius 3 is 2.85 bits per heavy atom. The van der Waals surface area contributed by atoms with Crippen LogP contribution in [0.3, 0.4) is 0 Å². The molecular formula is C9H14BrN3. The van der Waals surface area contributed by atoms with Gasteiger partial charge < -0.3 is 11.1 Å². The lowest BCUT2D eigenvalue weighted by Crippen LogP contribution is -2.39. The molecule has 1 aromatic rings. The highest BCUT2D eigenvalue weighted by Crippen LogP contribution is 2.20. The number of aromatic nitrogens is 1. The summed E-state index contributed by atoms with van der Waals surface area (Å²) >= 11 is 3.40.